The van der Waals surface area contributed by atoms with Crippen molar-refractivity contribution in [2.24, 2.45) is 0 Å². The topological polar surface area (TPSA) is 85.6 Å². The van der Waals surface area contributed by atoms with E-state index in [1.54, 1.807) is 17.1 Å². The Balaban J connectivity index is 1.28. The Kier molecular flexibility index (Phi) is 5.17. The number of benzene rings is 1. The summed E-state index contributed by atoms with van der Waals surface area (Å²) in [7, 11) is 0. The summed E-state index contributed by atoms with van der Waals surface area (Å²) >= 11 is 0. The molecule has 0 atom stereocenters. The second kappa shape index (κ2) is 8.48. The summed E-state index contributed by atoms with van der Waals surface area (Å²) in [5.41, 5.74) is 8.27. The number of hydrogen-bond acceptors (Lipinski definition) is 5. The summed E-state index contributed by atoms with van der Waals surface area (Å²) in [6.45, 7) is 2.56. The molecule has 3 heterocycles. The fraction of sp³-hybridized carbons (Fsp3) is 0.296. The molecule has 1 saturated carbocycles. The quantitative estimate of drug-likeness (QED) is 0.480. The zero-order chi connectivity index (χ0) is 23.1. The van der Waals surface area contributed by atoms with Crippen LogP contribution in [0.25, 0.3) is 17.2 Å². The van der Waals surface area contributed by atoms with Gasteiger partial charge in [-0.3, -0.25) is 9.78 Å². The van der Waals surface area contributed by atoms with E-state index in [1.807, 2.05) is 31.3 Å². The van der Waals surface area contributed by atoms with Crippen LogP contribution in [0.2, 0.25) is 0 Å². The van der Waals surface area contributed by atoms with Crippen LogP contribution in [-0.4, -0.2) is 37.2 Å². The third kappa shape index (κ3) is 3.77. The predicted octanol–water partition coefficient (Wildman–Crippen LogP) is 3.98. The van der Waals surface area contributed by atoms with E-state index in [9.17, 15) is 4.79 Å². The predicted molar refractivity (Wildman–Crippen MR) is 129 cm³/mol. The summed E-state index contributed by atoms with van der Waals surface area (Å²) < 4.78 is 1.77. The zero-order valence-electron chi connectivity index (χ0n) is 19.2. The van der Waals surface area contributed by atoms with E-state index < -0.39 is 0 Å². The Bertz CT molecular complexity index is 1390. The van der Waals surface area contributed by atoms with Crippen molar-refractivity contribution < 1.29 is 4.79 Å². The maximum absolute atomic E-state index is 13.1. The van der Waals surface area contributed by atoms with Gasteiger partial charge in [0.15, 0.2) is 0 Å². The molecule has 0 saturated heterocycles. The van der Waals surface area contributed by atoms with Crippen molar-refractivity contribution in [2.45, 2.75) is 44.9 Å². The van der Waals surface area contributed by atoms with Gasteiger partial charge in [0.2, 0.25) is 0 Å². The minimum Gasteiger partial charge on any atom is -0.352 e. The van der Waals surface area contributed by atoms with Gasteiger partial charge in [-0.05, 0) is 55.4 Å². The molecule has 0 aliphatic heterocycles. The molecular weight excluding hydrogens is 424 g/mol. The Morgan fingerprint density at radius 3 is 2.76 bits per heavy atom. The highest BCUT2D eigenvalue weighted by Gasteiger charge is 2.34. The summed E-state index contributed by atoms with van der Waals surface area (Å²) in [4.78, 5) is 27.1. The number of nitrogens with one attached hydrogen (secondary N) is 1. The largest absolute Gasteiger partial charge is 0.352 e. The van der Waals surface area contributed by atoms with E-state index in [1.165, 1.54) is 5.56 Å². The van der Waals surface area contributed by atoms with Crippen LogP contribution in [0.4, 0.5) is 0 Å². The fourth-order valence-corrected chi connectivity index (χ4v) is 4.77. The van der Waals surface area contributed by atoms with Crippen LogP contribution >= 0.6 is 0 Å². The summed E-state index contributed by atoms with van der Waals surface area (Å²) in [5, 5.41) is 7.62. The molecule has 0 unspecified atom stereocenters. The number of aromatic nitrogens is 5. The monoisotopic (exact) mass is 450 g/mol. The normalized spacial score (nSPS) is 14.4. The van der Waals surface area contributed by atoms with E-state index in [4.69, 9.17) is 4.98 Å². The fourth-order valence-electron chi connectivity index (χ4n) is 4.77. The third-order valence-corrected chi connectivity index (χ3v) is 6.76. The molecule has 1 N–H and O–H groups in total. The minimum atomic E-state index is -0.106. The molecule has 3 aromatic heterocycles. The SMILES string of the molecule is Cc1cccnc1CCNC(=O)c1cnn(-c2ncc3c(n2)-c2ccccc2CC3)c1C1CC1. The maximum atomic E-state index is 13.1. The van der Waals surface area contributed by atoms with Gasteiger partial charge in [0.25, 0.3) is 11.9 Å². The van der Waals surface area contributed by atoms with Crippen molar-refractivity contribution in [1.29, 1.82) is 0 Å². The van der Waals surface area contributed by atoms with Crippen molar-refractivity contribution in [3.63, 3.8) is 0 Å². The lowest BCUT2D eigenvalue weighted by molar-refractivity contribution is 0.0953. The second-order valence-corrected chi connectivity index (χ2v) is 9.10. The van der Waals surface area contributed by atoms with Crippen molar-refractivity contribution in [1.82, 2.24) is 30.0 Å². The lowest BCUT2D eigenvalue weighted by Gasteiger charge is -2.19. The highest BCUT2D eigenvalue weighted by molar-refractivity contribution is 5.95. The molecule has 34 heavy (non-hydrogen) atoms. The second-order valence-electron chi connectivity index (χ2n) is 9.10. The number of carbonyl (C=O) groups excluding carboxylic acids is 1. The average molecular weight is 451 g/mol. The number of hydrogen-bond donors (Lipinski definition) is 1. The molecule has 0 radical (unpaired) electrons. The molecule has 170 valence electrons. The number of pyridine rings is 1. The van der Waals surface area contributed by atoms with Crippen molar-refractivity contribution >= 4 is 5.91 Å². The number of fused-ring (bicyclic) bond motifs is 3. The van der Waals surface area contributed by atoms with Crippen molar-refractivity contribution in [3.05, 3.63) is 88.6 Å². The highest BCUT2D eigenvalue weighted by Crippen LogP contribution is 2.42. The minimum absolute atomic E-state index is 0.106. The lowest BCUT2D eigenvalue weighted by Crippen LogP contribution is -2.27. The van der Waals surface area contributed by atoms with Crippen LogP contribution in [0, 0.1) is 6.92 Å². The van der Waals surface area contributed by atoms with Crippen LogP contribution in [0.3, 0.4) is 0 Å². The molecule has 1 fully saturated rings. The van der Waals surface area contributed by atoms with E-state index in [-0.39, 0.29) is 5.91 Å². The van der Waals surface area contributed by atoms with Crippen LogP contribution in [0.5, 0.6) is 0 Å². The van der Waals surface area contributed by atoms with Gasteiger partial charge < -0.3 is 5.32 Å². The smallest absolute Gasteiger partial charge is 0.254 e. The molecule has 2 aliphatic carbocycles. The first-order chi connectivity index (χ1) is 16.7. The van der Waals surface area contributed by atoms with Crippen molar-refractivity contribution in [3.8, 4) is 17.2 Å². The molecule has 6 rings (SSSR count). The Morgan fingerprint density at radius 2 is 1.91 bits per heavy atom. The van der Waals surface area contributed by atoms with Crippen LogP contribution in [-0.2, 0) is 19.3 Å². The van der Waals surface area contributed by atoms with Crippen LogP contribution in [0.1, 0.15) is 57.2 Å². The summed E-state index contributed by atoms with van der Waals surface area (Å²) in [6, 6.07) is 12.4. The first kappa shape index (κ1) is 20.7. The molecule has 0 bridgehead atoms. The third-order valence-electron chi connectivity index (χ3n) is 6.76. The number of aryl methyl sites for hydroxylation is 3. The van der Waals surface area contributed by atoms with E-state index in [2.05, 4.69) is 38.6 Å². The number of amides is 1. The molecule has 2 aliphatic rings. The van der Waals surface area contributed by atoms with Gasteiger partial charge in [0.1, 0.15) is 0 Å². The van der Waals surface area contributed by atoms with Gasteiger partial charge >= 0.3 is 0 Å². The molecule has 1 amide bonds. The Labute approximate surface area is 198 Å². The van der Waals surface area contributed by atoms with E-state index >= 15 is 0 Å². The average Bonchev–Trinajstić information content (AvgIpc) is 3.62. The van der Waals surface area contributed by atoms with Crippen molar-refractivity contribution in [2.75, 3.05) is 6.54 Å². The zero-order valence-corrected chi connectivity index (χ0v) is 19.2. The number of rotatable bonds is 6. The molecule has 7 heteroatoms. The van der Waals surface area contributed by atoms with Crippen LogP contribution in [0.15, 0.2) is 55.0 Å². The van der Waals surface area contributed by atoms with Gasteiger partial charge in [-0.2, -0.15) is 5.10 Å². The Morgan fingerprint density at radius 1 is 1.06 bits per heavy atom. The van der Waals surface area contributed by atoms with Gasteiger partial charge in [-0.1, -0.05) is 30.3 Å². The van der Waals surface area contributed by atoms with Crippen LogP contribution < -0.4 is 5.32 Å². The molecule has 0 spiro atoms. The van der Waals surface area contributed by atoms with E-state index in [0.29, 0.717) is 30.4 Å². The number of carbonyl (C=O) groups is 1. The standard InChI is InChI=1S/C27H26N6O/c1-17-5-4-13-28-23(17)12-14-29-26(34)22-16-31-33(25(22)19-9-10-19)27-30-15-20-11-8-18-6-2-3-7-21(18)24(20)32-27/h2-7,13,15-16,19H,8-12,14H2,1H3,(H,29,34). The summed E-state index contributed by atoms with van der Waals surface area (Å²) in [5.74, 6) is 0.735. The number of nitrogens with zero attached hydrogens (tertiary/aromatic N) is 5. The van der Waals surface area contributed by atoms with Gasteiger partial charge in [-0.15, -0.1) is 0 Å². The molecular formula is C27H26N6O. The summed E-state index contributed by atoms with van der Waals surface area (Å²) in [6.07, 6.45) is 10.1. The Hall–Kier alpha value is -3.87. The molecule has 7 nitrogen and oxygen atoms in total. The molecule has 4 aromatic rings. The molecule has 1 aromatic carbocycles. The van der Waals surface area contributed by atoms with Gasteiger partial charge in [0, 0.05) is 42.5 Å². The maximum Gasteiger partial charge on any atom is 0.254 e. The highest BCUT2D eigenvalue weighted by atomic mass is 16.1. The van der Waals surface area contributed by atoms with Gasteiger partial charge in [0.05, 0.1) is 23.1 Å². The van der Waals surface area contributed by atoms with Gasteiger partial charge in [-0.25, -0.2) is 14.6 Å². The first-order valence-corrected chi connectivity index (χ1v) is 11.9. The first-order valence-electron chi connectivity index (χ1n) is 11.9. The lowest BCUT2D eigenvalue weighted by atomic mass is 9.90. The van der Waals surface area contributed by atoms with E-state index in [0.717, 1.165) is 59.5 Å².